The van der Waals surface area contributed by atoms with Gasteiger partial charge < -0.3 is 5.73 Å². The molecule has 0 aliphatic carbocycles. The maximum absolute atomic E-state index is 13.3. The quantitative estimate of drug-likeness (QED) is 0.759. The molecule has 2 N–H and O–H groups in total. The van der Waals surface area contributed by atoms with E-state index in [0.717, 1.165) is 6.07 Å². The van der Waals surface area contributed by atoms with Crippen LogP contribution in [0.15, 0.2) is 36.5 Å². The number of hydrogen-bond donors (Lipinski definition) is 1. The summed E-state index contributed by atoms with van der Waals surface area (Å²) in [6.07, 6.45) is -3.16. The Morgan fingerprint density at radius 2 is 2.03 bits per heavy atom. The van der Waals surface area contributed by atoms with E-state index in [1.54, 1.807) is 19.1 Å². The van der Waals surface area contributed by atoms with Crippen LogP contribution >= 0.6 is 11.6 Å². The normalized spacial score (nSPS) is 22.2. The number of likely N-dealkylation sites (N-methyl/N-ethyl adjacent to an activating group) is 1. The van der Waals surface area contributed by atoms with Gasteiger partial charge in [-0.15, -0.1) is 0 Å². The van der Waals surface area contributed by atoms with Crippen LogP contribution in [-0.2, 0) is 17.5 Å². The van der Waals surface area contributed by atoms with E-state index in [2.05, 4.69) is 4.98 Å². The number of pyridine rings is 1. The van der Waals surface area contributed by atoms with Gasteiger partial charge >= 0.3 is 12.2 Å². The Morgan fingerprint density at radius 3 is 2.55 bits per heavy atom. The molecule has 154 valence electrons. The monoisotopic (exact) mass is 427 g/mol. The molecule has 2 unspecified atom stereocenters. The number of carbonyl (C=O) groups excluding carboxylic acids is 2. The van der Waals surface area contributed by atoms with Crippen molar-refractivity contribution >= 4 is 29.2 Å². The standard InChI is InChI=1S/C19H18ClF3N4O2/c1-11-6-7-13(8-25-11)27(10-15(17(24)28)26(2)18(27)29)9-12-4-3-5-14(16(12)20)19(21,22)23/h3-8,15H,9-10H2,1-2H3,(H-,24,28)/p+1. The van der Waals surface area contributed by atoms with Gasteiger partial charge in [0.25, 0.3) is 0 Å². The van der Waals surface area contributed by atoms with Crippen molar-refractivity contribution < 1.29 is 22.8 Å². The summed E-state index contributed by atoms with van der Waals surface area (Å²) < 4.78 is 39.4. The van der Waals surface area contributed by atoms with Crippen LogP contribution < -0.4 is 10.2 Å². The molecule has 2 heterocycles. The first-order chi connectivity index (χ1) is 13.5. The van der Waals surface area contributed by atoms with E-state index in [1.807, 2.05) is 0 Å². The van der Waals surface area contributed by atoms with Gasteiger partial charge in [0.1, 0.15) is 13.1 Å². The van der Waals surface area contributed by atoms with E-state index in [1.165, 1.54) is 30.3 Å². The summed E-state index contributed by atoms with van der Waals surface area (Å²) in [7, 11) is 1.44. The lowest BCUT2D eigenvalue weighted by molar-refractivity contribution is -0.137. The van der Waals surface area contributed by atoms with Gasteiger partial charge in [-0.1, -0.05) is 23.7 Å². The van der Waals surface area contributed by atoms with Gasteiger partial charge in [0, 0.05) is 24.4 Å². The van der Waals surface area contributed by atoms with Crippen molar-refractivity contribution in [2.75, 3.05) is 13.6 Å². The summed E-state index contributed by atoms with van der Waals surface area (Å²) >= 11 is 6.07. The highest BCUT2D eigenvalue weighted by Crippen LogP contribution is 2.39. The minimum absolute atomic E-state index is 0.0397. The van der Waals surface area contributed by atoms with Crippen LogP contribution in [0.1, 0.15) is 16.8 Å². The summed E-state index contributed by atoms with van der Waals surface area (Å²) in [5.41, 5.74) is 5.73. The largest absolute Gasteiger partial charge is 0.425 e. The third-order valence-corrected chi connectivity index (χ3v) is 5.61. The first-order valence-electron chi connectivity index (χ1n) is 8.69. The summed E-state index contributed by atoms with van der Waals surface area (Å²) in [5, 5.41) is -0.476. The highest BCUT2D eigenvalue weighted by Gasteiger charge is 2.55. The van der Waals surface area contributed by atoms with Crippen molar-refractivity contribution in [1.29, 1.82) is 0 Å². The molecule has 2 aromatic rings. The third kappa shape index (κ3) is 3.67. The second kappa shape index (κ2) is 7.31. The molecule has 1 aliphatic rings. The van der Waals surface area contributed by atoms with Gasteiger partial charge in [0.15, 0.2) is 11.7 Å². The molecule has 0 saturated carbocycles. The molecule has 1 saturated heterocycles. The Morgan fingerprint density at radius 1 is 1.34 bits per heavy atom. The second-order valence-corrected chi connectivity index (χ2v) is 7.43. The molecule has 0 bridgehead atoms. The molecule has 0 spiro atoms. The molecular weight excluding hydrogens is 409 g/mol. The first-order valence-corrected chi connectivity index (χ1v) is 9.07. The fourth-order valence-corrected chi connectivity index (χ4v) is 3.87. The SMILES string of the molecule is Cc1ccc([N+]2(Cc3cccc(C(F)(F)F)c3Cl)CC(C(N)=O)N(C)C2=O)cn1. The Hall–Kier alpha value is -2.65. The molecular formula is C19H19ClF3N4O2+. The molecule has 29 heavy (non-hydrogen) atoms. The highest BCUT2D eigenvalue weighted by molar-refractivity contribution is 6.32. The van der Waals surface area contributed by atoms with Crippen LogP contribution in [0.3, 0.4) is 0 Å². The second-order valence-electron chi connectivity index (χ2n) is 7.05. The molecule has 3 rings (SSSR count). The van der Waals surface area contributed by atoms with Crippen LogP contribution in [0.4, 0.5) is 23.7 Å². The number of hydrogen-bond acceptors (Lipinski definition) is 3. The van der Waals surface area contributed by atoms with Gasteiger partial charge in [-0.3, -0.25) is 14.7 Å². The number of halogens is 4. The van der Waals surface area contributed by atoms with E-state index in [0.29, 0.717) is 11.4 Å². The number of rotatable bonds is 4. The molecule has 1 aromatic carbocycles. The third-order valence-electron chi connectivity index (χ3n) is 5.16. The van der Waals surface area contributed by atoms with Crippen molar-refractivity contribution in [3.63, 3.8) is 0 Å². The van der Waals surface area contributed by atoms with E-state index in [4.69, 9.17) is 17.3 Å². The molecule has 2 atom stereocenters. The lowest BCUT2D eigenvalue weighted by Gasteiger charge is -2.30. The molecule has 6 nitrogen and oxygen atoms in total. The van der Waals surface area contributed by atoms with E-state index >= 15 is 0 Å². The number of carbonyl (C=O) groups is 2. The number of alkyl halides is 3. The van der Waals surface area contributed by atoms with Gasteiger partial charge in [-0.05, 0) is 19.1 Å². The van der Waals surface area contributed by atoms with E-state index < -0.39 is 39.2 Å². The number of quaternary nitrogens is 1. The molecule has 3 amide bonds. The summed E-state index contributed by atoms with van der Waals surface area (Å²) in [6, 6.07) is 5.52. The van der Waals surface area contributed by atoms with Gasteiger partial charge in [0.05, 0.1) is 16.8 Å². The number of aryl methyl sites for hydroxylation is 1. The van der Waals surface area contributed by atoms with Crippen molar-refractivity contribution in [2.45, 2.75) is 25.7 Å². The number of amides is 3. The summed E-state index contributed by atoms with van der Waals surface area (Å²) in [6.45, 7) is 1.55. The maximum atomic E-state index is 13.3. The van der Waals surface area contributed by atoms with E-state index in [-0.39, 0.29) is 18.7 Å². The fraction of sp³-hybridized carbons (Fsp3) is 0.316. The number of nitrogens with two attached hydrogens (primary N) is 1. The fourth-order valence-electron chi connectivity index (χ4n) is 3.58. The Balaban J connectivity index is 2.15. The van der Waals surface area contributed by atoms with Crippen LogP contribution in [0.5, 0.6) is 0 Å². The number of nitrogens with zero attached hydrogens (tertiary/aromatic N) is 3. The number of urea groups is 1. The van der Waals surface area contributed by atoms with Crippen LogP contribution in [-0.4, -0.2) is 41.5 Å². The summed E-state index contributed by atoms with van der Waals surface area (Å²) in [5.74, 6) is -0.698. The zero-order valence-electron chi connectivity index (χ0n) is 15.7. The molecule has 10 heteroatoms. The molecule has 1 aromatic heterocycles. The van der Waals surface area contributed by atoms with Crippen molar-refractivity contribution in [1.82, 2.24) is 14.4 Å². The highest BCUT2D eigenvalue weighted by atomic mass is 35.5. The van der Waals surface area contributed by atoms with Gasteiger partial charge in [-0.2, -0.15) is 13.2 Å². The molecule has 1 aliphatic heterocycles. The predicted octanol–water partition coefficient (Wildman–Crippen LogP) is 3.49. The molecule has 1 fully saturated rings. The Kier molecular flexibility index (Phi) is 5.31. The maximum Gasteiger partial charge on any atom is 0.425 e. The number of aromatic nitrogens is 1. The lowest BCUT2D eigenvalue weighted by Crippen LogP contribution is -2.51. The average molecular weight is 428 g/mol. The summed E-state index contributed by atoms with van der Waals surface area (Å²) in [4.78, 5) is 30.5. The van der Waals surface area contributed by atoms with Crippen LogP contribution in [0.25, 0.3) is 0 Å². The number of primary amides is 1. The van der Waals surface area contributed by atoms with Crippen molar-refractivity contribution in [3.05, 3.63) is 58.4 Å². The Labute approximate surface area is 170 Å². The van der Waals surface area contributed by atoms with Gasteiger partial charge in [-0.25, -0.2) is 9.28 Å². The Bertz CT molecular complexity index is 965. The zero-order valence-corrected chi connectivity index (χ0v) is 16.5. The zero-order chi connectivity index (χ0) is 21.6. The minimum atomic E-state index is -4.63. The van der Waals surface area contributed by atoms with Crippen molar-refractivity contribution in [2.24, 2.45) is 5.73 Å². The number of benzene rings is 1. The molecule has 0 radical (unpaired) electrons. The topological polar surface area (TPSA) is 76.3 Å². The smallest absolute Gasteiger partial charge is 0.368 e. The lowest BCUT2D eigenvalue weighted by atomic mass is 10.1. The predicted molar refractivity (Wildman–Crippen MR) is 102 cm³/mol. The van der Waals surface area contributed by atoms with Crippen LogP contribution in [0, 0.1) is 6.92 Å². The first kappa shape index (κ1) is 21.1. The van der Waals surface area contributed by atoms with E-state index in [9.17, 15) is 22.8 Å². The van der Waals surface area contributed by atoms with Crippen molar-refractivity contribution in [3.8, 4) is 0 Å². The minimum Gasteiger partial charge on any atom is -0.368 e. The van der Waals surface area contributed by atoms with Gasteiger partial charge in [0.2, 0.25) is 5.91 Å². The van der Waals surface area contributed by atoms with Crippen LogP contribution in [0.2, 0.25) is 5.02 Å². The average Bonchev–Trinajstić information content (AvgIpc) is 2.89.